The Morgan fingerprint density at radius 3 is 2.63 bits per heavy atom. The van der Waals surface area contributed by atoms with Gasteiger partial charge in [-0.05, 0) is 28.5 Å². The molecule has 0 aliphatic rings. The average Bonchev–Trinajstić information content (AvgIpc) is 2.49. The van der Waals surface area contributed by atoms with E-state index in [1.807, 2.05) is 12.1 Å². The SMILES string of the molecule is c1cnnc(CNCc2cccc3ccccc23)c1. The molecular weight excluding hydrogens is 234 g/mol. The zero-order chi connectivity index (χ0) is 12.9. The average molecular weight is 249 g/mol. The monoisotopic (exact) mass is 249 g/mol. The minimum absolute atomic E-state index is 0.733. The molecule has 1 heterocycles. The Balaban J connectivity index is 1.72. The molecule has 0 fully saturated rings. The van der Waals surface area contributed by atoms with Crippen LogP contribution in [0.2, 0.25) is 0 Å². The van der Waals surface area contributed by atoms with Crippen molar-refractivity contribution < 1.29 is 0 Å². The second kappa shape index (κ2) is 5.59. The molecule has 0 radical (unpaired) electrons. The van der Waals surface area contributed by atoms with Crippen LogP contribution in [0.1, 0.15) is 11.3 Å². The molecule has 0 saturated carbocycles. The van der Waals surface area contributed by atoms with Gasteiger partial charge in [-0.3, -0.25) is 0 Å². The maximum absolute atomic E-state index is 4.06. The fraction of sp³-hybridized carbons (Fsp3) is 0.125. The molecule has 0 bridgehead atoms. The Bertz CT molecular complexity index is 660. The quantitative estimate of drug-likeness (QED) is 0.772. The third-order valence-corrected chi connectivity index (χ3v) is 3.13. The molecule has 0 saturated heterocycles. The predicted octanol–water partition coefficient (Wildman–Crippen LogP) is 2.92. The molecule has 0 unspecified atom stereocenters. The first-order valence-electron chi connectivity index (χ1n) is 6.37. The van der Waals surface area contributed by atoms with E-state index < -0.39 is 0 Å². The highest BCUT2D eigenvalue weighted by molar-refractivity contribution is 5.85. The molecule has 0 amide bonds. The van der Waals surface area contributed by atoms with Crippen LogP contribution in [0, 0.1) is 0 Å². The van der Waals surface area contributed by atoms with E-state index in [4.69, 9.17) is 0 Å². The van der Waals surface area contributed by atoms with E-state index in [-0.39, 0.29) is 0 Å². The van der Waals surface area contributed by atoms with Gasteiger partial charge in [0.25, 0.3) is 0 Å². The number of nitrogens with one attached hydrogen (secondary N) is 1. The predicted molar refractivity (Wildman–Crippen MR) is 76.5 cm³/mol. The molecule has 1 aromatic heterocycles. The van der Waals surface area contributed by atoms with Crippen molar-refractivity contribution in [1.82, 2.24) is 15.5 Å². The van der Waals surface area contributed by atoms with Crippen LogP contribution < -0.4 is 5.32 Å². The maximum atomic E-state index is 4.06. The van der Waals surface area contributed by atoms with Crippen LogP contribution in [-0.4, -0.2) is 10.2 Å². The topological polar surface area (TPSA) is 37.8 Å². The van der Waals surface area contributed by atoms with E-state index in [0.717, 1.165) is 18.8 Å². The molecule has 3 aromatic rings. The summed E-state index contributed by atoms with van der Waals surface area (Å²) in [6.45, 7) is 1.56. The Morgan fingerprint density at radius 2 is 1.74 bits per heavy atom. The summed E-state index contributed by atoms with van der Waals surface area (Å²) in [5, 5.41) is 13.9. The van der Waals surface area contributed by atoms with E-state index >= 15 is 0 Å². The normalized spacial score (nSPS) is 10.7. The van der Waals surface area contributed by atoms with Gasteiger partial charge < -0.3 is 5.32 Å². The van der Waals surface area contributed by atoms with Crippen LogP contribution in [0.3, 0.4) is 0 Å². The summed E-state index contributed by atoms with van der Waals surface area (Å²) in [7, 11) is 0. The second-order valence-electron chi connectivity index (χ2n) is 4.46. The smallest absolute Gasteiger partial charge is 0.0769 e. The van der Waals surface area contributed by atoms with Crippen molar-refractivity contribution in [3.8, 4) is 0 Å². The van der Waals surface area contributed by atoms with E-state index in [1.165, 1.54) is 16.3 Å². The highest BCUT2D eigenvalue weighted by Crippen LogP contribution is 2.18. The number of hydrogen-bond acceptors (Lipinski definition) is 3. The van der Waals surface area contributed by atoms with Crippen LogP contribution in [0.15, 0.2) is 60.8 Å². The van der Waals surface area contributed by atoms with Gasteiger partial charge in [-0.15, -0.1) is 0 Å². The standard InChI is InChI=1S/C16H15N3/c1-2-9-16-13(5-1)6-3-7-14(16)11-17-12-15-8-4-10-18-19-15/h1-10,17H,11-12H2. The molecule has 1 N–H and O–H groups in total. The number of rotatable bonds is 4. The van der Waals surface area contributed by atoms with E-state index in [9.17, 15) is 0 Å². The first kappa shape index (κ1) is 11.8. The summed E-state index contributed by atoms with van der Waals surface area (Å²) in [5.41, 5.74) is 2.27. The fourth-order valence-corrected chi connectivity index (χ4v) is 2.20. The minimum Gasteiger partial charge on any atom is -0.307 e. The van der Waals surface area contributed by atoms with Crippen LogP contribution in [0.5, 0.6) is 0 Å². The van der Waals surface area contributed by atoms with Crippen molar-refractivity contribution in [2.75, 3.05) is 0 Å². The van der Waals surface area contributed by atoms with Gasteiger partial charge >= 0.3 is 0 Å². The van der Waals surface area contributed by atoms with Gasteiger partial charge in [0.1, 0.15) is 0 Å². The first-order valence-corrected chi connectivity index (χ1v) is 6.37. The second-order valence-corrected chi connectivity index (χ2v) is 4.46. The van der Waals surface area contributed by atoms with Crippen molar-refractivity contribution in [1.29, 1.82) is 0 Å². The van der Waals surface area contributed by atoms with E-state index in [0.29, 0.717) is 0 Å². The van der Waals surface area contributed by atoms with Crippen molar-refractivity contribution in [3.63, 3.8) is 0 Å². The van der Waals surface area contributed by atoms with E-state index in [2.05, 4.69) is 58.0 Å². The zero-order valence-corrected chi connectivity index (χ0v) is 10.6. The van der Waals surface area contributed by atoms with Gasteiger partial charge in [0, 0.05) is 19.3 Å². The summed E-state index contributed by atoms with van der Waals surface area (Å²) in [4.78, 5) is 0. The van der Waals surface area contributed by atoms with Gasteiger partial charge in [0.05, 0.1) is 5.69 Å². The van der Waals surface area contributed by atoms with Crippen molar-refractivity contribution in [3.05, 3.63) is 72.1 Å². The lowest BCUT2D eigenvalue weighted by Gasteiger charge is -2.07. The molecule has 3 rings (SSSR count). The molecule has 3 nitrogen and oxygen atoms in total. The third-order valence-electron chi connectivity index (χ3n) is 3.13. The van der Waals surface area contributed by atoms with Crippen LogP contribution in [0.25, 0.3) is 10.8 Å². The molecule has 0 aliphatic carbocycles. The molecule has 94 valence electrons. The summed E-state index contributed by atoms with van der Waals surface area (Å²) in [5.74, 6) is 0. The summed E-state index contributed by atoms with van der Waals surface area (Å²) in [6, 6.07) is 18.7. The molecule has 3 heteroatoms. The molecule has 0 atom stereocenters. The number of hydrogen-bond donors (Lipinski definition) is 1. The number of nitrogens with zero attached hydrogens (tertiary/aromatic N) is 2. The van der Waals surface area contributed by atoms with Crippen LogP contribution in [0.4, 0.5) is 0 Å². The number of benzene rings is 2. The Morgan fingerprint density at radius 1 is 0.842 bits per heavy atom. The first-order chi connectivity index (χ1) is 9.43. The highest BCUT2D eigenvalue weighted by atomic mass is 15.1. The number of aromatic nitrogens is 2. The highest BCUT2D eigenvalue weighted by Gasteiger charge is 2.00. The Labute approximate surface area is 112 Å². The Kier molecular flexibility index (Phi) is 3.47. The zero-order valence-electron chi connectivity index (χ0n) is 10.6. The lowest BCUT2D eigenvalue weighted by molar-refractivity contribution is 0.673. The lowest BCUT2D eigenvalue weighted by Crippen LogP contribution is -2.14. The molecule has 2 aromatic carbocycles. The van der Waals surface area contributed by atoms with Crippen molar-refractivity contribution in [2.45, 2.75) is 13.1 Å². The molecule has 19 heavy (non-hydrogen) atoms. The molecule has 0 aliphatic heterocycles. The summed E-state index contributed by atoms with van der Waals surface area (Å²) in [6.07, 6.45) is 1.69. The largest absolute Gasteiger partial charge is 0.307 e. The summed E-state index contributed by atoms with van der Waals surface area (Å²) < 4.78 is 0. The van der Waals surface area contributed by atoms with Crippen LogP contribution in [-0.2, 0) is 13.1 Å². The maximum Gasteiger partial charge on any atom is 0.0769 e. The van der Waals surface area contributed by atoms with Gasteiger partial charge in [0.2, 0.25) is 0 Å². The van der Waals surface area contributed by atoms with Crippen molar-refractivity contribution in [2.24, 2.45) is 0 Å². The van der Waals surface area contributed by atoms with Gasteiger partial charge in [-0.25, -0.2) is 0 Å². The molecule has 0 spiro atoms. The van der Waals surface area contributed by atoms with Gasteiger partial charge in [0.15, 0.2) is 0 Å². The lowest BCUT2D eigenvalue weighted by atomic mass is 10.0. The van der Waals surface area contributed by atoms with Gasteiger partial charge in [-0.1, -0.05) is 42.5 Å². The van der Waals surface area contributed by atoms with Crippen molar-refractivity contribution >= 4 is 10.8 Å². The van der Waals surface area contributed by atoms with Gasteiger partial charge in [-0.2, -0.15) is 10.2 Å². The molecular formula is C16H15N3. The fourth-order valence-electron chi connectivity index (χ4n) is 2.20. The third kappa shape index (κ3) is 2.77. The Hall–Kier alpha value is -2.26. The number of fused-ring (bicyclic) bond motifs is 1. The van der Waals surface area contributed by atoms with E-state index in [1.54, 1.807) is 6.20 Å². The minimum atomic E-state index is 0.733. The van der Waals surface area contributed by atoms with Crippen LogP contribution >= 0.6 is 0 Å². The summed E-state index contributed by atoms with van der Waals surface area (Å²) >= 11 is 0.